The van der Waals surface area contributed by atoms with Gasteiger partial charge in [-0.25, -0.2) is 10.2 Å². The second-order valence-electron chi connectivity index (χ2n) is 4.33. The maximum atomic E-state index is 11.8. The molecule has 0 saturated carbocycles. The van der Waals surface area contributed by atoms with E-state index in [1.54, 1.807) is 18.2 Å². The fraction of sp³-hybridized carbons (Fsp3) is 0.357. The zero-order chi connectivity index (χ0) is 15.7. The molecule has 1 rings (SSSR count). The molecule has 0 radical (unpaired) electrons. The van der Waals surface area contributed by atoms with E-state index in [4.69, 9.17) is 4.74 Å². The van der Waals surface area contributed by atoms with Gasteiger partial charge in [-0.2, -0.15) is 0 Å². The highest BCUT2D eigenvalue weighted by Crippen LogP contribution is 2.10. The molecule has 3 amide bonds. The first-order valence-corrected chi connectivity index (χ1v) is 6.63. The van der Waals surface area contributed by atoms with E-state index in [1.165, 1.54) is 13.0 Å². The minimum atomic E-state index is -0.713. The van der Waals surface area contributed by atoms with Crippen LogP contribution in [0.15, 0.2) is 24.3 Å². The van der Waals surface area contributed by atoms with E-state index in [0.29, 0.717) is 17.9 Å². The average Bonchev–Trinajstić information content (AvgIpc) is 2.44. The summed E-state index contributed by atoms with van der Waals surface area (Å²) in [5.41, 5.74) is 5.18. The number of hydrogen-bond acceptors (Lipinski definition) is 4. The summed E-state index contributed by atoms with van der Waals surface area (Å²) in [6, 6.07) is 6.34. The highest BCUT2D eigenvalue weighted by molar-refractivity contribution is 5.97. The quantitative estimate of drug-likeness (QED) is 0.570. The molecule has 0 aliphatic rings. The third kappa shape index (κ3) is 6.42. The van der Waals surface area contributed by atoms with Crippen LogP contribution in [0.3, 0.4) is 0 Å². The molecular weight excluding hydrogens is 274 g/mol. The summed E-state index contributed by atoms with van der Waals surface area (Å²) >= 11 is 0. The molecule has 3 N–H and O–H groups in total. The Bertz CT molecular complexity index is 517. The van der Waals surface area contributed by atoms with Gasteiger partial charge in [-0.05, 0) is 24.6 Å². The summed E-state index contributed by atoms with van der Waals surface area (Å²) in [5.74, 6) is -0.736. The van der Waals surface area contributed by atoms with Gasteiger partial charge in [-0.15, -0.1) is 0 Å². The van der Waals surface area contributed by atoms with Crippen molar-refractivity contribution in [1.29, 1.82) is 0 Å². The van der Waals surface area contributed by atoms with Crippen LogP contribution in [0.4, 0.5) is 10.5 Å². The summed E-state index contributed by atoms with van der Waals surface area (Å²) in [4.78, 5) is 34.0. The van der Waals surface area contributed by atoms with Gasteiger partial charge in [-0.3, -0.25) is 15.0 Å². The molecule has 114 valence electrons. The van der Waals surface area contributed by atoms with Crippen LogP contribution in [0, 0.1) is 0 Å². The lowest BCUT2D eigenvalue weighted by Gasteiger charge is -2.09. The SMILES string of the molecule is CCCCOC(=O)NNC(=O)c1cccc(NC(C)=O)c1. The number of unbranched alkanes of at least 4 members (excludes halogenated alkanes) is 1. The lowest BCUT2D eigenvalue weighted by atomic mass is 10.2. The first-order valence-electron chi connectivity index (χ1n) is 6.63. The number of nitrogens with one attached hydrogen (secondary N) is 3. The molecule has 0 heterocycles. The van der Waals surface area contributed by atoms with E-state index >= 15 is 0 Å². The van der Waals surface area contributed by atoms with Crippen LogP contribution in [0.5, 0.6) is 0 Å². The van der Waals surface area contributed by atoms with Crippen molar-refractivity contribution in [2.45, 2.75) is 26.7 Å². The van der Waals surface area contributed by atoms with E-state index in [2.05, 4.69) is 16.2 Å². The first-order chi connectivity index (χ1) is 10.0. The van der Waals surface area contributed by atoms with Crippen molar-refractivity contribution in [2.24, 2.45) is 0 Å². The molecule has 0 atom stereocenters. The van der Waals surface area contributed by atoms with Crippen LogP contribution < -0.4 is 16.2 Å². The third-order valence-corrected chi connectivity index (χ3v) is 2.45. The largest absolute Gasteiger partial charge is 0.448 e. The van der Waals surface area contributed by atoms with Crippen molar-refractivity contribution in [3.05, 3.63) is 29.8 Å². The standard InChI is InChI=1S/C14H19N3O4/c1-3-4-8-21-14(20)17-16-13(19)11-6-5-7-12(9-11)15-10(2)18/h5-7,9H,3-4,8H2,1-2H3,(H,15,18)(H,16,19)(H,17,20). The zero-order valence-electron chi connectivity index (χ0n) is 12.1. The number of hydrazine groups is 1. The van der Waals surface area contributed by atoms with Crippen molar-refractivity contribution in [1.82, 2.24) is 10.9 Å². The molecule has 1 aromatic rings. The molecule has 0 saturated heterocycles. The number of carbonyl (C=O) groups is 3. The number of amides is 3. The van der Waals surface area contributed by atoms with Gasteiger partial charge < -0.3 is 10.1 Å². The molecule has 1 aromatic carbocycles. The van der Waals surface area contributed by atoms with Gasteiger partial charge in [0, 0.05) is 18.2 Å². The first kappa shape index (κ1) is 16.5. The Morgan fingerprint density at radius 1 is 1.19 bits per heavy atom. The van der Waals surface area contributed by atoms with Crippen molar-refractivity contribution in [3.8, 4) is 0 Å². The molecule has 0 bridgehead atoms. The van der Waals surface area contributed by atoms with Crippen LogP contribution in [-0.2, 0) is 9.53 Å². The predicted octanol–water partition coefficient (Wildman–Crippen LogP) is 1.82. The van der Waals surface area contributed by atoms with E-state index in [-0.39, 0.29) is 5.91 Å². The van der Waals surface area contributed by atoms with Crippen molar-refractivity contribution < 1.29 is 19.1 Å². The Kier molecular flexibility index (Phi) is 6.73. The van der Waals surface area contributed by atoms with Gasteiger partial charge in [0.05, 0.1) is 6.61 Å². The van der Waals surface area contributed by atoms with Crippen molar-refractivity contribution in [3.63, 3.8) is 0 Å². The predicted molar refractivity (Wildman–Crippen MR) is 77.6 cm³/mol. The molecule has 0 aliphatic heterocycles. The highest BCUT2D eigenvalue weighted by atomic mass is 16.6. The molecule has 0 aromatic heterocycles. The Hall–Kier alpha value is -2.57. The van der Waals surface area contributed by atoms with Gasteiger partial charge >= 0.3 is 6.09 Å². The number of carbonyl (C=O) groups excluding carboxylic acids is 3. The van der Waals surface area contributed by atoms with E-state index in [1.807, 2.05) is 6.92 Å². The van der Waals surface area contributed by atoms with Crippen LogP contribution >= 0.6 is 0 Å². The van der Waals surface area contributed by atoms with Crippen LogP contribution in [0.2, 0.25) is 0 Å². The molecule has 0 aliphatic carbocycles. The van der Waals surface area contributed by atoms with Crippen LogP contribution in [-0.4, -0.2) is 24.5 Å². The number of hydrogen-bond donors (Lipinski definition) is 3. The van der Waals surface area contributed by atoms with Gasteiger partial charge in [0.1, 0.15) is 0 Å². The number of benzene rings is 1. The highest BCUT2D eigenvalue weighted by Gasteiger charge is 2.08. The zero-order valence-corrected chi connectivity index (χ0v) is 12.1. The molecular formula is C14H19N3O4. The minimum Gasteiger partial charge on any atom is -0.448 e. The van der Waals surface area contributed by atoms with Crippen LogP contribution in [0.1, 0.15) is 37.0 Å². The topological polar surface area (TPSA) is 96.5 Å². The summed E-state index contributed by atoms with van der Waals surface area (Å²) in [6.45, 7) is 3.65. The molecule has 0 unspecified atom stereocenters. The molecule has 21 heavy (non-hydrogen) atoms. The van der Waals surface area contributed by atoms with E-state index in [9.17, 15) is 14.4 Å². The fourth-order valence-corrected chi connectivity index (χ4v) is 1.47. The van der Waals surface area contributed by atoms with Crippen molar-refractivity contribution in [2.75, 3.05) is 11.9 Å². The molecule has 0 spiro atoms. The maximum absolute atomic E-state index is 11.8. The summed E-state index contributed by atoms with van der Waals surface area (Å²) in [7, 11) is 0. The maximum Gasteiger partial charge on any atom is 0.426 e. The summed E-state index contributed by atoms with van der Waals surface area (Å²) in [5, 5.41) is 2.57. The smallest absolute Gasteiger partial charge is 0.426 e. The monoisotopic (exact) mass is 293 g/mol. The molecule has 7 nitrogen and oxygen atoms in total. The summed E-state index contributed by atoms with van der Waals surface area (Å²) in [6.07, 6.45) is 0.963. The van der Waals surface area contributed by atoms with Gasteiger partial charge in [0.25, 0.3) is 5.91 Å². The third-order valence-electron chi connectivity index (χ3n) is 2.45. The Balaban J connectivity index is 2.48. The second kappa shape index (κ2) is 8.57. The lowest BCUT2D eigenvalue weighted by molar-refractivity contribution is -0.114. The number of rotatable bonds is 5. The summed E-state index contributed by atoms with van der Waals surface area (Å²) < 4.78 is 4.82. The normalized spacial score (nSPS) is 9.62. The number of anilines is 1. The van der Waals surface area contributed by atoms with E-state index in [0.717, 1.165) is 12.8 Å². The molecule has 0 fully saturated rings. The lowest BCUT2D eigenvalue weighted by Crippen LogP contribution is -2.42. The Labute approximate surface area is 123 Å². The van der Waals surface area contributed by atoms with Crippen LogP contribution in [0.25, 0.3) is 0 Å². The van der Waals surface area contributed by atoms with Gasteiger partial charge in [-0.1, -0.05) is 19.4 Å². The minimum absolute atomic E-state index is 0.231. The second-order valence-corrected chi connectivity index (χ2v) is 4.33. The van der Waals surface area contributed by atoms with Gasteiger partial charge in [0.2, 0.25) is 5.91 Å². The fourth-order valence-electron chi connectivity index (χ4n) is 1.47. The Morgan fingerprint density at radius 2 is 1.95 bits per heavy atom. The number of ether oxygens (including phenoxy) is 1. The average molecular weight is 293 g/mol. The van der Waals surface area contributed by atoms with E-state index < -0.39 is 12.0 Å². The Morgan fingerprint density at radius 3 is 2.62 bits per heavy atom. The van der Waals surface area contributed by atoms with Gasteiger partial charge in [0.15, 0.2) is 0 Å². The molecule has 7 heteroatoms. The van der Waals surface area contributed by atoms with Crippen molar-refractivity contribution >= 4 is 23.6 Å².